The molecule has 7 aliphatic heterocycles. The van der Waals surface area contributed by atoms with E-state index >= 15 is 0 Å². The number of carbonyl (C=O) groups is 1. The molecule has 7 rings (SSSR count). The molecule has 0 aliphatic carbocycles. The van der Waals surface area contributed by atoms with Crippen molar-refractivity contribution in [2.75, 3.05) is 269 Å². The predicted molar refractivity (Wildman–Crippen MR) is 499 cm³/mol. The zero-order chi connectivity index (χ0) is 88.5. The number of carbonyl (C=O) groups excluding carboxylic acids is 1. The Kier molecular flexibility index (Phi) is 59.4. The minimum atomic E-state index is 0.0983. The Bertz CT molecular complexity index is 2290. The van der Waals surface area contributed by atoms with Gasteiger partial charge in [-0.2, -0.15) is 0 Å². The number of nitrogens with zero attached hydrogens (tertiary/aromatic N) is 12. The number of unbranched alkanes of at least 4 members (excludes halogenated alkanes) is 2. The summed E-state index contributed by atoms with van der Waals surface area (Å²) in [7, 11) is 0. The number of ether oxygens (including phenoxy) is 9. The van der Waals surface area contributed by atoms with Crippen LogP contribution in [0.25, 0.3) is 0 Å². The van der Waals surface area contributed by atoms with Gasteiger partial charge in [0.25, 0.3) is 0 Å². The fraction of sp³-hybridized carbons (Fsp3) is 0.990. The van der Waals surface area contributed by atoms with Gasteiger partial charge in [0.2, 0.25) is 0 Å². The second-order valence-electron chi connectivity index (χ2n) is 41.5. The molecule has 0 bridgehead atoms. The molecule has 118 heavy (non-hydrogen) atoms. The van der Waals surface area contributed by atoms with Crippen molar-refractivity contribution >= 4 is 5.78 Å². The third kappa shape index (κ3) is 52.2. The Morgan fingerprint density at radius 1 is 0.246 bits per heavy atom. The lowest BCUT2D eigenvalue weighted by molar-refractivity contribution is -0.126. The van der Waals surface area contributed by atoms with Crippen molar-refractivity contribution in [1.29, 1.82) is 0 Å². The maximum absolute atomic E-state index is 11.6. The average molecular weight is 1680 g/mol. The molecule has 7 heterocycles. The van der Waals surface area contributed by atoms with Gasteiger partial charge in [0, 0.05) is 194 Å². The highest BCUT2D eigenvalue weighted by molar-refractivity contribution is 5.81. The van der Waals surface area contributed by atoms with Gasteiger partial charge in [-0.25, -0.2) is 0 Å². The van der Waals surface area contributed by atoms with Crippen LogP contribution in [0.4, 0.5) is 0 Å². The van der Waals surface area contributed by atoms with Gasteiger partial charge in [-0.1, -0.05) is 32.1 Å². The minimum Gasteiger partial charge on any atom is -0.379 e. The molecular formula is C96H200N12O10. The van der Waals surface area contributed by atoms with Gasteiger partial charge in [0.1, 0.15) is 5.78 Å². The van der Waals surface area contributed by atoms with Crippen molar-refractivity contribution in [3.05, 3.63) is 0 Å². The monoisotopic (exact) mass is 1680 g/mol. The zero-order valence-electron chi connectivity index (χ0n) is 83.6. The second-order valence-corrected chi connectivity index (χ2v) is 41.5. The van der Waals surface area contributed by atoms with Crippen LogP contribution in [0.5, 0.6) is 0 Å². The standard InChI is InChI=1S/C23H46N2.C19H40N2O4.C17H36N2O3.C15H32N2O2.C12H24N2O.C10H22N2/c1-22(2,3)24-16-12-20(13-17-24)10-8-7-9-11-21-14-18-25(19-15-21)23(4,5)6;1-18(2)20-6-10-22-14-16-24-12-8-21(19(3,4)5)9-13-25-17-15-23-11-7-20;1-16(2)18-6-10-20-12-8-19(17(3,4)5)9-13-22-15-14-21-11-7-18;1-14(2)16-6-10-18-12-8-17(15(3,4)5)9-13-19-11-7-16;1-9(2)13-6-7-14(10(3)4)12(8-13)11(5)15;1-9(2)11-5-7-12(8-6-11)10(3)4/h20-21H,7-19H2,1-6H3;18H,6-17H2,1-5H3;16H,6-15H2,1-5H3;14H,6-13H2,1-5H3;9-10,12H,6-8H2,1-5H3;9-10H,5-8H2,1-4H3. The number of hydrogen-bond acceptors (Lipinski definition) is 22. The van der Waals surface area contributed by atoms with Gasteiger partial charge in [-0.3, -0.25) is 63.6 Å². The second kappa shape index (κ2) is 62.1. The molecule has 22 heteroatoms. The molecule has 7 aliphatic rings. The van der Waals surface area contributed by atoms with Crippen LogP contribution in [0.2, 0.25) is 0 Å². The number of piperidine rings is 2. The lowest BCUT2D eigenvalue weighted by atomic mass is 9.87. The third-order valence-electron chi connectivity index (χ3n) is 25.3. The third-order valence-corrected chi connectivity index (χ3v) is 25.3. The van der Waals surface area contributed by atoms with Crippen molar-refractivity contribution in [2.24, 2.45) is 11.8 Å². The van der Waals surface area contributed by atoms with E-state index in [-0.39, 0.29) is 22.7 Å². The van der Waals surface area contributed by atoms with Crippen molar-refractivity contribution < 1.29 is 47.4 Å². The minimum absolute atomic E-state index is 0.0983. The van der Waals surface area contributed by atoms with E-state index in [1.807, 2.05) is 0 Å². The Balaban J connectivity index is 0.000000487. The van der Waals surface area contributed by atoms with Crippen molar-refractivity contribution in [2.45, 2.75) is 342 Å². The van der Waals surface area contributed by atoms with Gasteiger partial charge in [-0.05, 0) is 271 Å². The fourth-order valence-corrected chi connectivity index (χ4v) is 16.5. The summed E-state index contributed by atoms with van der Waals surface area (Å²) in [5.41, 5.74) is 1.17. The van der Waals surface area contributed by atoms with E-state index in [1.165, 1.54) is 110 Å². The highest BCUT2D eigenvalue weighted by Crippen LogP contribution is 2.31. The van der Waals surface area contributed by atoms with E-state index in [1.54, 1.807) is 6.92 Å². The number of hydrogen-bond donors (Lipinski definition) is 0. The molecule has 7 saturated heterocycles. The number of Topliss-reactive ketones (excluding diaryl/α,β-unsaturated/α-hetero) is 1. The summed E-state index contributed by atoms with van der Waals surface area (Å²) in [5, 5.41) is 0. The molecule has 7 fully saturated rings. The van der Waals surface area contributed by atoms with E-state index in [4.69, 9.17) is 42.6 Å². The molecule has 1 atom stereocenters. The number of piperazine rings is 2. The Morgan fingerprint density at radius 2 is 0.441 bits per heavy atom. The topological polar surface area (TPSA) is 139 Å². The first kappa shape index (κ1) is 113. The highest BCUT2D eigenvalue weighted by atomic mass is 16.5. The maximum atomic E-state index is 11.6. The lowest BCUT2D eigenvalue weighted by Crippen LogP contribution is -2.59. The Hall–Kier alpha value is -1.17. The van der Waals surface area contributed by atoms with Crippen LogP contribution in [-0.4, -0.2) is 410 Å². The summed E-state index contributed by atoms with van der Waals surface area (Å²) in [4.78, 5) is 41.3. The van der Waals surface area contributed by atoms with Gasteiger partial charge in [-0.15, -0.1) is 0 Å². The Labute approximate surface area is 731 Å². The van der Waals surface area contributed by atoms with E-state index in [0.29, 0.717) is 86.7 Å². The summed E-state index contributed by atoms with van der Waals surface area (Å²) in [5.74, 6) is 2.32. The van der Waals surface area contributed by atoms with Gasteiger partial charge >= 0.3 is 0 Å². The van der Waals surface area contributed by atoms with Crippen molar-refractivity contribution in [3.8, 4) is 0 Å². The van der Waals surface area contributed by atoms with Crippen LogP contribution in [0.1, 0.15) is 265 Å². The molecule has 0 amide bonds. The summed E-state index contributed by atoms with van der Waals surface area (Å²) in [6.45, 7) is 105. The number of likely N-dealkylation sites (tertiary alicyclic amines) is 2. The quantitative estimate of drug-likeness (QED) is 0.152. The zero-order valence-corrected chi connectivity index (χ0v) is 83.6. The highest BCUT2D eigenvalue weighted by Gasteiger charge is 2.34. The Morgan fingerprint density at radius 3 is 0.644 bits per heavy atom. The largest absolute Gasteiger partial charge is 0.379 e. The van der Waals surface area contributed by atoms with Crippen LogP contribution in [0, 0.1) is 11.8 Å². The first-order valence-corrected chi connectivity index (χ1v) is 48.1. The molecule has 0 aromatic heterocycles. The molecular weight excluding hydrogens is 1480 g/mol. The van der Waals surface area contributed by atoms with Gasteiger partial charge in [0.05, 0.1) is 125 Å². The van der Waals surface area contributed by atoms with Crippen LogP contribution < -0.4 is 0 Å². The molecule has 0 N–H and O–H groups in total. The van der Waals surface area contributed by atoms with Gasteiger partial charge in [0.15, 0.2) is 0 Å². The maximum Gasteiger partial charge on any atom is 0.148 e. The summed E-state index contributed by atoms with van der Waals surface area (Å²) in [6.07, 6.45) is 13.1. The molecule has 704 valence electrons. The van der Waals surface area contributed by atoms with E-state index < -0.39 is 0 Å². The smallest absolute Gasteiger partial charge is 0.148 e. The summed E-state index contributed by atoms with van der Waals surface area (Å²) < 4.78 is 51.7. The van der Waals surface area contributed by atoms with Crippen molar-refractivity contribution in [3.63, 3.8) is 0 Å². The van der Waals surface area contributed by atoms with Crippen LogP contribution in [0.15, 0.2) is 0 Å². The molecule has 0 aromatic rings. The molecule has 0 spiro atoms. The van der Waals surface area contributed by atoms with E-state index in [0.717, 1.165) is 201 Å². The molecule has 0 aromatic carbocycles. The SMILES string of the molecule is CC(=O)C1CN(C(C)C)CCN1C(C)C.CC(C)(C)N1CCC(CCCCCC2CCN(C(C)(C)C)CC2)CC1.CC(C)N1CCN(C(C)C)CC1.CC(C)N1CCOCCN(C(C)(C)C)CCOCC1.CC(C)N1CCOCCOCCN(C(C)(C)C)CCOCC1.CC(C)N1CCOCCOCCN(C(C)(C)C)CCOCCOCC1. The molecule has 22 nitrogen and oxygen atoms in total. The van der Waals surface area contributed by atoms with Gasteiger partial charge < -0.3 is 42.6 Å². The normalized spacial score (nSPS) is 23.4. The average Bonchev–Trinajstić information content (AvgIpc) is 0.829. The predicted octanol–water partition coefficient (Wildman–Crippen LogP) is 14.3. The number of ketones is 1. The molecule has 1 unspecified atom stereocenters. The molecule has 0 radical (unpaired) electrons. The van der Waals surface area contributed by atoms with Crippen molar-refractivity contribution in [1.82, 2.24) is 58.8 Å². The molecule has 0 saturated carbocycles. The number of rotatable bonds is 14. The first-order valence-electron chi connectivity index (χ1n) is 48.1. The van der Waals surface area contributed by atoms with Crippen LogP contribution >= 0.6 is 0 Å². The van der Waals surface area contributed by atoms with Crippen LogP contribution in [-0.2, 0) is 47.4 Å². The van der Waals surface area contributed by atoms with Crippen LogP contribution in [0.3, 0.4) is 0 Å². The first-order chi connectivity index (χ1) is 55.4. The summed E-state index contributed by atoms with van der Waals surface area (Å²) >= 11 is 0. The fourth-order valence-electron chi connectivity index (χ4n) is 16.5. The van der Waals surface area contributed by atoms with E-state index in [2.05, 4.69) is 260 Å². The van der Waals surface area contributed by atoms with E-state index in [9.17, 15) is 4.79 Å². The summed E-state index contributed by atoms with van der Waals surface area (Å²) in [6, 6.07) is 4.12. The lowest BCUT2D eigenvalue weighted by Gasteiger charge is -2.43.